The molecule has 2 rings (SSSR count). The molecular weight excluding hydrogens is 252 g/mol. The van der Waals surface area contributed by atoms with Crippen LogP contribution >= 0.6 is 0 Å². The number of hydrazone groups is 1. The van der Waals surface area contributed by atoms with Gasteiger partial charge in [-0.2, -0.15) is 5.10 Å². The molecule has 0 bridgehead atoms. The Balaban J connectivity index is 2.21. The van der Waals surface area contributed by atoms with Crippen LogP contribution < -0.4 is 5.01 Å². The Kier molecular flexibility index (Phi) is 4.25. The van der Waals surface area contributed by atoms with Gasteiger partial charge in [-0.05, 0) is 38.1 Å². The van der Waals surface area contributed by atoms with Gasteiger partial charge in [0.15, 0.2) is 0 Å². The van der Waals surface area contributed by atoms with Gasteiger partial charge in [0, 0.05) is 18.2 Å². The summed E-state index contributed by atoms with van der Waals surface area (Å²) in [6.45, 7) is 4.77. The summed E-state index contributed by atoms with van der Waals surface area (Å²) in [5.41, 5.74) is 2.76. The fourth-order valence-electron chi connectivity index (χ4n) is 1.82. The van der Waals surface area contributed by atoms with E-state index < -0.39 is 0 Å². The zero-order valence-electron chi connectivity index (χ0n) is 11.6. The lowest BCUT2D eigenvalue weighted by Crippen LogP contribution is -2.15. The molecule has 20 heavy (non-hydrogen) atoms. The monoisotopic (exact) mass is 270 g/mol. The van der Waals surface area contributed by atoms with Crippen molar-refractivity contribution in [2.45, 2.75) is 13.8 Å². The zero-order chi connectivity index (χ0) is 14.5. The van der Waals surface area contributed by atoms with E-state index in [1.54, 1.807) is 12.3 Å². The molecule has 104 valence electrons. The Labute approximate surface area is 118 Å². The fourth-order valence-corrected chi connectivity index (χ4v) is 1.82. The summed E-state index contributed by atoms with van der Waals surface area (Å²) >= 11 is 0. The topological polar surface area (TPSA) is 56.1 Å². The third-order valence-electron chi connectivity index (χ3n) is 2.98. The van der Waals surface area contributed by atoms with Crippen LogP contribution in [0, 0.1) is 6.92 Å². The van der Waals surface area contributed by atoms with Gasteiger partial charge in [0.2, 0.25) is 0 Å². The van der Waals surface area contributed by atoms with Gasteiger partial charge in [-0.25, -0.2) is 0 Å². The SMILES string of the molecule is CCN(/N=C/c1ccc(O)cc1O)c1ccc(C)cc1. The number of nitrogens with zero attached hydrogens (tertiary/aromatic N) is 2. The van der Waals surface area contributed by atoms with Crippen LogP contribution in [0.2, 0.25) is 0 Å². The molecule has 2 aromatic rings. The highest BCUT2D eigenvalue weighted by Crippen LogP contribution is 2.21. The van der Waals surface area contributed by atoms with Crippen LogP contribution in [0.3, 0.4) is 0 Å². The van der Waals surface area contributed by atoms with Gasteiger partial charge in [0.25, 0.3) is 0 Å². The lowest BCUT2D eigenvalue weighted by atomic mass is 10.2. The van der Waals surface area contributed by atoms with E-state index in [9.17, 15) is 10.2 Å². The minimum Gasteiger partial charge on any atom is -0.508 e. The highest BCUT2D eigenvalue weighted by atomic mass is 16.3. The zero-order valence-corrected chi connectivity index (χ0v) is 11.6. The Morgan fingerprint density at radius 2 is 1.80 bits per heavy atom. The highest BCUT2D eigenvalue weighted by Gasteiger charge is 2.03. The number of anilines is 1. The summed E-state index contributed by atoms with van der Waals surface area (Å²) in [6.07, 6.45) is 1.58. The quantitative estimate of drug-likeness (QED) is 0.662. The van der Waals surface area contributed by atoms with Crippen molar-refractivity contribution < 1.29 is 10.2 Å². The van der Waals surface area contributed by atoms with Gasteiger partial charge in [0.05, 0.1) is 11.9 Å². The molecule has 0 saturated heterocycles. The van der Waals surface area contributed by atoms with Crippen molar-refractivity contribution in [2.75, 3.05) is 11.6 Å². The second kappa shape index (κ2) is 6.10. The molecule has 0 heterocycles. The first-order valence-electron chi connectivity index (χ1n) is 6.50. The predicted octanol–water partition coefficient (Wildman–Crippen LogP) is 3.27. The molecule has 0 fully saturated rings. The summed E-state index contributed by atoms with van der Waals surface area (Å²) < 4.78 is 0. The molecule has 0 aliphatic rings. The summed E-state index contributed by atoms with van der Waals surface area (Å²) in [5.74, 6) is 0.0410. The summed E-state index contributed by atoms with van der Waals surface area (Å²) in [5, 5.41) is 25.2. The van der Waals surface area contributed by atoms with Crippen molar-refractivity contribution in [1.82, 2.24) is 0 Å². The first-order chi connectivity index (χ1) is 9.60. The minimum absolute atomic E-state index is 0.00806. The lowest BCUT2D eigenvalue weighted by molar-refractivity contribution is 0.450. The largest absolute Gasteiger partial charge is 0.508 e. The molecule has 0 aromatic heterocycles. The van der Waals surface area contributed by atoms with E-state index >= 15 is 0 Å². The number of phenolic OH excluding ortho intramolecular Hbond substituents is 2. The van der Waals surface area contributed by atoms with Gasteiger partial charge in [-0.15, -0.1) is 0 Å². The van der Waals surface area contributed by atoms with Crippen molar-refractivity contribution in [3.8, 4) is 11.5 Å². The standard InChI is InChI=1S/C16H18N2O2/c1-3-18(14-7-4-12(2)5-8-14)17-11-13-6-9-15(19)10-16(13)20/h4-11,19-20H,3H2,1-2H3/b17-11+. The van der Waals surface area contributed by atoms with Gasteiger partial charge in [-0.3, -0.25) is 5.01 Å². The van der Waals surface area contributed by atoms with E-state index in [-0.39, 0.29) is 11.5 Å². The molecule has 0 atom stereocenters. The highest BCUT2D eigenvalue weighted by molar-refractivity contribution is 5.84. The molecule has 4 nitrogen and oxygen atoms in total. The maximum Gasteiger partial charge on any atom is 0.128 e. The smallest absolute Gasteiger partial charge is 0.128 e. The molecule has 0 unspecified atom stereocenters. The summed E-state index contributed by atoms with van der Waals surface area (Å²) in [6, 6.07) is 12.5. The van der Waals surface area contributed by atoms with Crippen LogP contribution in [-0.2, 0) is 0 Å². The molecule has 2 N–H and O–H groups in total. The van der Waals surface area contributed by atoms with E-state index in [4.69, 9.17) is 0 Å². The van der Waals surface area contributed by atoms with Gasteiger partial charge < -0.3 is 10.2 Å². The van der Waals surface area contributed by atoms with Crippen LogP contribution in [0.15, 0.2) is 47.6 Å². The second-order valence-electron chi connectivity index (χ2n) is 4.54. The molecule has 0 amide bonds. The minimum atomic E-state index is 0.00806. The first-order valence-corrected chi connectivity index (χ1v) is 6.50. The average Bonchev–Trinajstić information content (AvgIpc) is 2.43. The lowest BCUT2D eigenvalue weighted by Gasteiger charge is -2.17. The molecule has 0 saturated carbocycles. The number of aromatic hydroxyl groups is 2. The fraction of sp³-hybridized carbons (Fsp3) is 0.188. The Bertz CT molecular complexity index is 606. The third kappa shape index (κ3) is 3.29. The number of phenols is 2. The third-order valence-corrected chi connectivity index (χ3v) is 2.98. The number of aryl methyl sites for hydroxylation is 1. The number of rotatable bonds is 4. The number of hydrogen-bond acceptors (Lipinski definition) is 4. The van der Waals surface area contributed by atoms with Gasteiger partial charge in [0.1, 0.15) is 11.5 Å². The summed E-state index contributed by atoms with van der Waals surface area (Å²) in [7, 11) is 0. The van der Waals surface area contributed by atoms with Crippen LogP contribution in [-0.4, -0.2) is 23.0 Å². The molecular formula is C16H18N2O2. The van der Waals surface area contributed by atoms with E-state index in [0.717, 1.165) is 12.2 Å². The van der Waals surface area contributed by atoms with E-state index in [1.165, 1.54) is 17.7 Å². The molecule has 0 radical (unpaired) electrons. The van der Waals surface area contributed by atoms with E-state index in [2.05, 4.69) is 5.10 Å². The molecule has 0 aliphatic heterocycles. The van der Waals surface area contributed by atoms with E-state index in [1.807, 2.05) is 43.1 Å². The number of benzene rings is 2. The van der Waals surface area contributed by atoms with Crippen molar-refractivity contribution in [1.29, 1.82) is 0 Å². The first kappa shape index (κ1) is 13.9. The van der Waals surface area contributed by atoms with Crippen LogP contribution in [0.5, 0.6) is 11.5 Å². The second-order valence-corrected chi connectivity index (χ2v) is 4.54. The average molecular weight is 270 g/mol. The van der Waals surface area contributed by atoms with Crippen molar-refractivity contribution in [3.63, 3.8) is 0 Å². The normalized spacial score (nSPS) is 10.9. The molecule has 0 aliphatic carbocycles. The Morgan fingerprint density at radius 1 is 1.10 bits per heavy atom. The van der Waals surface area contributed by atoms with Crippen LogP contribution in [0.4, 0.5) is 5.69 Å². The van der Waals surface area contributed by atoms with E-state index in [0.29, 0.717) is 5.56 Å². The Hall–Kier alpha value is -2.49. The maximum absolute atomic E-state index is 9.71. The number of hydrogen-bond donors (Lipinski definition) is 2. The molecule has 2 aromatic carbocycles. The van der Waals surface area contributed by atoms with Gasteiger partial charge >= 0.3 is 0 Å². The molecule has 0 spiro atoms. The van der Waals surface area contributed by atoms with Crippen molar-refractivity contribution in [2.24, 2.45) is 5.10 Å². The van der Waals surface area contributed by atoms with Crippen LogP contribution in [0.25, 0.3) is 0 Å². The van der Waals surface area contributed by atoms with Crippen molar-refractivity contribution in [3.05, 3.63) is 53.6 Å². The Morgan fingerprint density at radius 3 is 2.40 bits per heavy atom. The van der Waals surface area contributed by atoms with Crippen molar-refractivity contribution >= 4 is 11.9 Å². The molecule has 4 heteroatoms. The van der Waals surface area contributed by atoms with Gasteiger partial charge in [-0.1, -0.05) is 17.7 Å². The maximum atomic E-state index is 9.71. The van der Waals surface area contributed by atoms with Crippen LogP contribution in [0.1, 0.15) is 18.1 Å². The summed E-state index contributed by atoms with van der Waals surface area (Å²) in [4.78, 5) is 0. The predicted molar refractivity (Wildman–Crippen MR) is 81.6 cm³/mol.